The van der Waals surface area contributed by atoms with E-state index >= 15 is 0 Å². The molecule has 29 heavy (non-hydrogen) atoms. The lowest BCUT2D eigenvalue weighted by atomic mass is 10.00. The molecule has 3 amide bonds. The van der Waals surface area contributed by atoms with Crippen LogP contribution >= 0.6 is 0 Å². The zero-order valence-electron chi connectivity index (χ0n) is 15.4. The number of benzene rings is 2. The number of nitrogens with zero attached hydrogens (tertiary/aromatic N) is 2. The van der Waals surface area contributed by atoms with Gasteiger partial charge in [-0.2, -0.15) is 0 Å². The van der Waals surface area contributed by atoms with Crippen molar-refractivity contribution in [2.75, 3.05) is 17.3 Å². The number of likely N-dealkylation sites (N-methyl/N-ethyl adjacent to an activating group) is 1. The molecule has 8 heteroatoms. The number of amides is 3. The van der Waals surface area contributed by atoms with Gasteiger partial charge < -0.3 is 14.6 Å². The molecule has 0 saturated carbocycles. The van der Waals surface area contributed by atoms with Crippen LogP contribution in [0.4, 0.5) is 20.8 Å². The number of nitrogens with one attached hydrogen (secondary N) is 2. The minimum atomic E-state index is -1.25. The molecule has 1 aliphatic heterocycles. The maximum absolute atomic E-state index is 14.5. The van der Waals surface area contributed by atoms with Gasteiger partial charge in [0.1, 0.15) is 5.82 Å². The molecule has 1 aromatic heterocycles. The zero-order valence-corrected chi connectivity index (χ0v) is 15.4. The predicted molar refractivity (Wildman–Crippen MR) is 107 cm³/mol. The molecule has 2 N–H and O–H groups in total. The smallest absolute Gasteiger partial charge is 0.323 e. The molecule has 2 aromatic carbocycles. The van der Waals surface area contributed by atoms with Gasteiger partial charge in [0.05, 0.1) is 17.7 Å². The highest BCUT2D eigenvalue weighted by atomic mass is 19.1. The molecule has 0 aliphatic carbocycles. The highest BCUT2D eigenvalue weighted by Crippen LogP contribution is 2.28. The lowest BCUT2D eigenvalue weighted by Gasteiger charge is -2.20. The minimum Gasteiger partial charge on any atom is -0.449 e. The minimum absolute atomic E-state index is 0.221. The zero-order chi connectivity index (χ0) is 20.4. The van der Waals surface area contributed by atoms with E-state index in [0.29, 0.717) is 11.3 Å². The Morgan fingerprint density at radius 2 is 1.79 bits per heavy atom. The van der Waals surface area contributed by atoms with E-state index in [0.717, 1.165) is 0 Å². The highest BCUT2D eigenvalue weighted by Gasteiger charge is 2.31. The molecule has 0 saturated heterocycles. The monoisotopic (exact) mass is 392 g/mol. The largest absolute Gasteiger partial charge is 0.449 e. The van der Waals surface area contributed by atoms with Gasteiger partial charge in [-0.1, -0.05) is 30.3 Å². The Morgan fingerprint density at radius 3 is 2.52 bits per heavy atom. The van der Waals surface area contributed by atoms with Crippen LogP contribution in [0.1, 0.15) is 11.1 Å². The first-order chi connectivity index (χ1) is 14.0. The quantitative estimate of drug-likeness (QED) is 0.716. The second kappa shape index (κ2) is 7.59. The van der Waals surface area contributed by atoms with Gasteiger partial charge in [0.2, 0.25) is 12.0 Å². The second-order valence-electron chi connectivity index (χ2n) is 6.35. The summed E-state index contributed by atoms with van der Waals surface area (Å²) in [5.74, 6) is -0.714. The third kappa shape index (κ3) is 3.60. The number of halogens is 1. The van der Waals surface area contributed by atoms with Gasteiger partial charge in [-0.15, -0.1) is 0 Å². The van der Waals surface area contributed by atoms with Gasteiger partial charge in [-0.3, -0.25) is 10.1 Å². The molecule has 2 heterocycles. The number of carbonyl (C=O) groups is 2. The van der Waals surface area contributed by atoms with Crippen molar-refractivity contribution in [3.05, 3.63) is 83.9 Å². The van der Waals surface area contributed by atoms with Crippen LogP contribution in [0.15, 0.2) is 76.3 Å². The van der Waals surface area contributed by atoms with Crippen molar-refractivity contribution in [3.63, 3.8) is 0 Å². The van der Waals surface area contributed by atoms with Crippen LogP contribution in [0.5, 0.6) is 0 Å². The summed E-state index contributed by atoms with van der Waals surface area (Å²) in [5, 5.41) is 5.00. The normalized spacial score (nSPS) is 15.9. The SMILES string of the molecule is CN1C(=O)C(NC(=O)Nc2ccco2)N=C(c2ccccc2F)c2ccccc21. The molecule has 0 radical (unpaired) electrons. The molecule has 146 valence electrons. The lowest BCUT2D eigenvalue weighted by Crippen LogP contribution is -2.47. The van der Waals surface area contributed by atoms with Gasteiger partial charge >= 0.3 is 6.03 Å². The van der Waals surface area contributed by atoms with E-state index in [-0.39, 0.29) is 17.2 Å². The summed E-state index contributed by atoms with van der Waals surface area (Å²) in [7, 11) is 1.58. The maximum Gasteiger partial charge on any atom is 0.323 e. The number of fused-ring (bicyclic) bond motifs is 1. The van der Waals surface area contributed by atoms with Crippen LogP contribution in [0.3, 0.4) is 0 Å². The van der Waals surface area contributed by atoms with Gasteiger partial charge in [0.15, 0.2) is 0 Å². The number of aliphatic imine (C=N–C) groups is 1. The van der Waals surface area contributed by atoms with Crippen molar-refractivity contribution in [2.45, 2.75) is 6.17 Å². The van der Waals surface area contributed by atoms with E-state index in [4.69, 9.17) is 4.42 Å². The average Bonchev–Trinajstić information content (AvgIpc) is 3.20. The highest BCUT2D eigenvalue weighted by molar-refractivity contribution is 6.20. The van der Waals surface area contributed by atoms with E-state index < -0.39 is 23.9 Å². The fourth-order valence-corrected chi connectivity index (χ4v) is 3.11. The lowest BCUT2D eigenvalue weighted by molar-refractivity contribution is -0.119. The molecule has 1 unspecified atom stereocenters. The van der Waals surface area contributed by atoms with Crippen LogP contribution in [-0.2, 0) is 4.79 Å². The van der Waals surface area contributed by atoms with Crippen LogP contribution in [-0.4, -0.2) is 30.9 Å². The first kappa shape index (κ1) is 18.4. The molecule has 1 atom stereocenters. The molecule has 4 rings (SSSR count). The Labute approximate surface area is 165 Å². The first-order valence-electron chi connectivity index (χ1n) is 8.85. The summed E-state index contributed by atoms with van der Waals surface area (Å²) >= 11 is 0. The number of para-hydroxylation sites is 1. The van der Waals surface area contributed by atoms with Crippen LogP contribution in [0, 0.1) is 5.82 Å². The number of urea groups is 1. The summed E-state index contributed by atoms with van der Waals surface area (Å²) in [6.45, 7) is 0. The van der Waals surface area contributed by atoms with Crippen molar-refractivity contribution in [1.82, 2.24) is 5.32 Å². The average molecular weight is 392 g/mol. The maximum atomic E-state index is 14.5. The molecule has 0 bridgehead atoms. The van der Waals surface area contributed by atoms with Crippen molar-refractivity contribution >= 4 is 29.2 Å². The summed E-state index contributed by atoms with van der Waals surface area (Å²) in [5.41, 5.74) is 1.67. The number of benzodiazepines with no additional fused rings is 1. The predicted octanol–water partition coefficient (Wildman–Crippen LogP) is 3.38. The third-order valence-electron chi connectivity index (χ3n) is 4.50. The van der Waals surface area contributed by atoms with Crippen LogP contribution in [0.25, 0.3) is 0 Å². The molecule has 3 aromatic rings. The van der Waals surface area contributed by atoms with Gasteiger partial charge in [-0.05, 0) is 24.3 Å². The number of carbonyl (C=O) groups excluding carboxylic acids is 2. The molecule has 0 spiro atoms. The Kier molecular flexibility index (Phi) is 4.82. The third-order valence-corrected chi connectivity index (χ3v) is 4.50. The second-order valence-corrected chi connectivity index (χ2v) is 6.35. The van der Waals surface area contributed by atoms with Crippen LogP contribution in [0.2, 0.25) is 0 Å². The summed E-state index contributed by atoms with van der Waals surface area (Å²) in [6.07, 6.45) is 0.155. The van der Waals surface area contributed by atoms with E-state index in [2.05, 4.69) is 15.6 Å². The van der Waals surface area contributed by atoms with Crippen LogP contribution < -0.4 is 15.5 Å². The fourth-order valence-electron chi connectivity index (χ4n) is 3.11. The number of hydrogen-bond acceptors (Lipinski definition) is 4. The summed E-state index contributed by atoms with van der Waals surface area (Å²) < 4.78 is 19.6. The molecular weight excluding hydrogens is 375 g/mol. The summed E-state index contributed by atoms with van der Waals surface area (Å²) in [4.78, 5) is 31.1. The molecular formula is C21H17FN4O3. The first-order valence-corrected chi connectivity index (χ1v) is 8.85. The Balaban J connectivity index is 1.76. The Morgan fingerprint density at radius 1 is 1.07 bits per heavy atom. The topological polar surface area (TPSA) is 86.9 Å². The van der Waals surface area contributed by atoms with E-state index in [9.17, 15) is 14.0 Å². The number of hydrogen-bond donors (Lipinski definition) is 2. The number of furan rings is 1. The summed E-state index contributed by atoms with van der Waals surface area (Å²) in [6, 6.07) is 15.7. The van der Waals surface area contributed by atoms with Crippen molar-refractivity contribution < 1.29 is 18.4 Å². The standard InChI is InChI=1S/C21H17FN4O3/c1-26-16-10-5-3-8-14(16)18(13-7-2-4-9-15(13)22)24-19(20(26)27)25-21(28)23-17-11-6-12-29-17/h2-12,19H,1H3,(H2,23,25,28). The van der Waals surface area contributed by atoms with Gasteiger partial charge in [0, 0.05) is 24.2 Å². The molecule has 1 aliphatic rings. The molecule has 7 nitrogen and oxygen atoms in total. The Bertz CT molecular complexity index is 1090. The van der Waals surface area contributed by atoms with Crippen molar-refractivity contribution in [3.8, 4) is 0 Å². The number of anilines is 2. The van der Waals surface area contributed by atoms with E-state index in [1.54, 1.807) is 61.6 Å². The Hall–Kier alpha value is -3.94. The van der Waals surface area contributed by atoms with Gasteiger partial charge in [0.25, 0.3) is 5.91 Å². The molecule has 0 fully saturated rings. The van der Waals surface area contributed by atoms with Crippen molar-refractivity contribution in [1.29, 1.82) is 0 Å². The number of rotatable bonds is 3. The fraction of sp³-hybridized carbons (Fsp3) is 0.0952. The van der Waals surface area contributed by atoms with E-state index in [1.165, 1.54) is 17.2 Å². The van der Waals surface area contributed by atoms with E-state index in [1.807, 2.05) is 0 Å². The van der Waals surface area contributed by atoms with Gasteiger partial charge in [-0.25, -0.2) is 14.2 Å². The van der Waals surface area contributed by atoms with Crippen molar-refractivity contribution in [2.24, 2.45) is 4.99 Å².